The van der Waals surface area contributed by atoms with Crippen LogP contribution in [-0.4, -0.2) is 20.3 Å². The highest BCUT2D eigenvalue weighted by Gasteiger charge is 2.26. The molecular weight excluding hydrogens is 194 g/mol. The van der Waals surface area contributed by atoms with Crippen molar-refractivity contribution in [2.45, 2.75) is 19.4 Å². The van der Waals surface area contributed by atoms with Crippen LogP contribution in [0.2, 0.25) is 0 Å². The van der Waals surface area contributed by atoms with Gasteiger partial charge in [0.05, 0.1) is 6.61 Å². The molecule has 0 aromatic carbocycles. The van der Waals surface area contributed by atoms with Crippen LogP contribution in [0, 0.1) is 12.8 Å². The molecule has 1 aliphatic heterocycles. The standard InChI is InChI=1S/C11H17NOS/c1-8-5-10(7-14-8)11(12-2)9-3-4-13-6-9/h5,7,9,11-12H,3-4,6H2,1-2H3. The number of rotatable bonds is 3. The fourth-order valence-corrected chi connectivity index (χ4v) is 2.86. The molecule has 0 amide bonds. The average Bonchev–Trinajstić information content (AvgIpc) is 2.79. The van der Waals surface area contributed by atoms with Gasteiger partial charge in [0.1, 0.15) is 0 Å². The average molecular weight is 211 g/mol. The van der Waals surface area contributed by atoms with E-state index in [4.69, 9.17) is 4.74 Å². The lowest BCUT2D eigenvalue weighted by Gasteiger charge is -2.20. The van der Waals surface area contributed by atoms with E-state index in [-0.39, 0.29) is 0 Å². The van der Waals surface area contributed by atoms with E-state index in [1.54, 1.807) is 0 Å². The van der Waals surface area contributed by atoms with Crippen molar-refractivity contribution in [3.05, 3.63) is 21.9 Å². The third kappa shape index (κ3) is 2.00. The van der Waals surface area contributed by atoms with Crippen molar-refractivity contribution in [3.63, 3.8) is 0 Å². The van der Waals surface area contributed by atoms with Crippen LogP contribution < -0.4 is 5.32 Å². The van der Waals surface area contributed by atoms with Gasteiger partial charge in [0, 0.05) is 23.4 Å². The predicted octanol–water partition coefficient (Wildman–Crippen LogP) is 2.35. The number of thiophene rings is 1. The lowest BCUT2D eigenvalue weighted by atomic mass is 9.94. The highest BCUT2D eigenvalue weighted by atomic mass is 32.1. The van der Waals surface area contributed by atoms with Crippen molar-refractivity contribution in [2.75, 3.05) is 20.3 Å². The molecule has 0 radical (unpaired) electrons. The molecule has 1 aliphatic rings. The number of hydrogen-bond donors (Lipinski definition) is 1. The van der Waals surface area contributed by atoms with E-state index in [1.165, 1.54) is 16.9 Å². The molecule has 0 saturated carbocycles. The predicted molar refractivity (Wildman–Crippen MR) is 59.8 cm³/mol. The first-order valence-electron chi connectivity index (χ1n) is 5.11. The van der Waals surface area contributed by atoms with Crippen molar-refractivity contribution in [1.82, 2.24) is 5.32 Å². The molecule has 0 spiro atoms. The van der Waals surface area contributed by atoms with Crippen molar-refractivity contribution >= 4 is 11.3 Å². The minimum absolute atomic E-state index is 0.474. The van der Waals surface area contributed by atoms with Crippen molar-refractivity contribution in [2.24, 2.45) is 5.92 Å². The quantitative estimate of drug-likeness (QED) is 0.828. The van der Waals surface area contributed by atoms with Crippen LogP contribution in [-0.2, 0) is 4.74 Å². The Morgan fingerprint density at radius 2 is 2.50 bits per heavy atom. The molecule has 1 aromatic heterocycles. The van der Waals surface area contributed by atoms with Gasteiger partial charge in [-0.25, -0.2) is 0 Å². The van der Waals surface area contributed by atoms with Gasteiger partial charge in [-0.05, 0) is 37.4 Å². The fraction of sp³-hybridized carbons (Fsp3) is 0.636. The first-order chi connectivity index (χ1) is 6.81. The van der Waals surface area contributed by atoms with E-state index in [2.05, 4.69) is 23.7 Å². The molecule has 1 N–H and O–H groups in total. The van der Waals surface area contributed by atoms with Gasteiger partial charge in [-0.3, -0.25) is 0 Å². The van der Waals surface area contributed by atoms with Gasteiger partial charge >= 0.3 is 0 Å². The summed E-state index contributed by atoms with van der Waals surface area (Å²) in [6.07, 6.45) is 1.18. The Morgan fingerprint density at radius 1 is 1.64 bits per heavy atom. The Bertz CT molecular complexity index is 291. The summed E-state index contributed by atoms with van der Waals surface area (Å²) in [5, 5.41) is 5.66. The maximum Gasteiger partial charge on any atom is 0.0513 e. The van der Waals surface area contributed by atoms with Crippen LogP contribution in [0.15, 0.2) is 11.4 Å². The maximum atomic E-state index is 5.43. The second-order valence-electron chi connectivity index (χ2n) is 3.88. The van der Waals surface area contributed by atoms with Crippen LogP contribution in [0.3, 0.4) is 0 Å². The third-order valence-corrected chi connectivity index (χ3v) is 3.74. The Labute approximate surface area is 89.3 Å². The maximum absolute atomic E-state index is 5.43. The molecule has 2 heterocycles. The van der Waals surface area contributed by atoms with Crippen LogP contribution in [0.1, 0.15) is 22.9 Å². The Hall–Kier alpha value is -0.380. The van der Waals surface area contributed by atoms with Crippen molar-refractivity contribution in [3.8, 4) is 0 Å². The van der Waals surface area contributed by atoms with Crippen molar-refractivity contribution < 1.29 is 4.74 Å². The molecule has 0 bridgehead atoms. The summed E-state index contributed by atoms with van der Waals surface area (Å²) in [6.45, 7) is 3.98. The van der Waals surface area contributed by atoms with E-state index in [0.29, 0.717) is 12.0 Å². The topological polar surface area (TPSA) is 21.3 Å². The lowest BCUT2D eigenvalue weighted by Crippen LogP contribution is -2.25. The number of aryl methyl sites for hydroxylation is 1. The summed E-state index contributed by atoms with van der Waals surface area (Å²) in [7, 11) is 2.04. The van der Waals surface area contributed by atoms with E-state index in [0.717, 1.165) is 13.2 Å². The normalized spacial score (nSPS) is 24.0. The molecule has 2 rings (SSSR count). The van der Waals surface area contributed by atoms with Crippen LogP contribution in [0.4, 0.5) is 0 Å². The van der Waals surface area contributed by atoms with E-state index in [9.17, 15) is 0 Å². The van der Waals surface area contributed by atoms with Gasteiger partial charge in [0.25, 0.3) is 0 Å². The summed E-state index contributed by atoms with van der Waals surface area (Å²) < 4.78 is 5.43. The van der Waals surface area contributed by atoms with Gasteiger partial charge in [-0.2, -0.15) is 0 Å². The number of nitrogens with one attached hydrogen (secondary N) is 1. The first kappa shape index (κ1) is 10.1. The molecule has 3 heteroatoms. The summed E-state index contributed by atoms with van der Waals surface area (Å²) in [5.74, 6) is 0.647. The molecule has 14 heavy (non-hydrogen) atoms. The van der Waals surface area contributed by atoms with Crippen LogP contribution in [0.5, 0.6) is 0 Å². The highest BCUT2D eigenvalue weighted by Crippen LogP contribution is 2.30. The van der Waals surface area contributed by atoms with Gasteiger partial charge in [-0.15, -0.1) is 11.3 Å². The Morgan fingerprint density at radius 3 is 3.00 bits per heavy atom. The first-order valence-corrected chi connectivity index (χ1v) is 5.99. The monoisotopic (exact) mass is 211 g/mol. The summed E-state index contributed by atoms with van der Waals surface area (Å²) >= 11 is 1.83. The van der Waals surface area contributed by atoms with Gasteiger partial charge in [0.2, 0.25) is 0 Å². The Kier molecular flexibility index (Phi) is 3.21. The van der Waals surface area contributed by atoms with E-state index in [1.807, 2.05) is 18.4 Å². The molecule has 2 atom stereocenters. The SMILES string of the molecule is CNC(c1csc(C)c1)C1CCOC1. The van der Waals surface area contributed by atoms with E-state index < -0.39 is 0 Å². The molecule has 1 saturated heterocycles. The minimum Gasteiger partial charge on any atom is -0.381 e. The zero-order chi connectivity index (χ0) is 9.97. The molecule has 1 aromatic rings. The molecule has 0 aliphatic carbocycles. The van der Waals surface area contributed by atoms with Crippen LogP contribution in [0.25, 0.3) is 0 Å². The second-order valence-corrected chi connectivity index (χ2v) is 5.00. The lowest BCUT2D eigenvalue weighted by molar-refractivity contribution is 0.178. The van der Waals surface area contributed by atoms with Crippen molar-refractivity contribution in [1.29, 1.82) is 0 Å². The summed E-state index contributed by atoms with van der Waals surface area (Å²) in [6, 6.07) is 2.76. The number of hydrogen-bond acceptors (Lipinski definition) is 3. The summed E-state index contributed by atoms with van der Waals surface area (Å²) in [4.78, 5) is 1.39. The molecule has 1 fully saturated rings. The van der Waals surface area contributed by atoms with E-state index >= 15 is 0 Å². The minimum atomic E-state index is 0.474. The summed E-state index contributed by atoms with van der Waals surface area (Å²) in [5.41, 5.74) is 1.42. The molecule has 78 valence electrons. The third-order valence-electron chi connectivity index (χ3n) is 2.86. The molecule has 2 nitrogen and oxygen atoms in total. The highest BCUT2D eigenvalue weighted by molar-refractivity contribution is 7.10. The van der Waals surface area contributed by atoms with Gasteiger partial charge < -0.3 is 10.1 Å². The fourth-order valence-electron chi connectivity index (χ4n) is 2.12. The van der Waals surface area contributed by atoms with Crippen LogP contribution >= 0.6 is 11.3 Å². The smallest absolute Gasteiger partial charge is 0.0513 e. The zero-order valence-electron chi connectivity index (χ0n) is 8.75. The molecule has 2 unspecified atom stereocenters. The largest absolute Gasteiger partial charge is 0.381 e. The number of ether oxygens (including phenoxy) is 1. The molecular formula is C11H17NOS. The zero-order valence-corrected chi connectivity index (χ0v) is 9.56. The van der Waals surface area contributed by atoms with Gasteiger partial charge in [-0.1, -0.05) is 0 Å². The second kappa shape index (κ2) is 4.43. The Balaban J connectivity index is 2.12. The van der Waals surface area contributed by atoms with Gasteiger partial charge in [0.15, 0.2) is 0 Å².